The Balaban J connectivity index is 2.50. The van der Waals surface area contributed by atoms with Gasteiger partial charge < -0.3 is 9.47 Å². The summed E-state index contributed by atoms with van der Waals surface area (Å²) in [6.45, 7) is 2.11. The lowest BCUT2D eigenvalue weighted by Gasteiger charge is -2.01. The van der Waals surface area contributed by atoms with E-state index < -0.39 is 5.97 Å². The second-order valence-electron chi connectivity index (χ2n) is 2.60. The zero-order chi connectivity index (χ0) is 11.1. The monoisotopic (exact) mass is 270 g/mol. The number of esters is 1. The summed E-state index contributed by atoms with van der Waals surface area (Å²) in [5.41, 5.74) is 0. The first kappa shape index (κ1) is 11.8. The Morgan fingerprint density at radius 3 is 2.87 bits per heavy atom. The van der Waals surface area contributed by atoms with E-state index in [0.29, 0.717) is 12.4 Å². The van der Waals surface area contributed by atoms with Crippen LogP contribution in [0.1, 0.15) is 6.92 Å². The summed E-state index contributed by atoms with van der Waals surface area (Å²) in [5, 5.41) is 0. The van der Waals surface area contributed by atoms with Gasteiger partial charge in [0.2, 0.25) is 0 Å². The molecule has 1 aromatic rings. The van der Waals surface area contributed by atoms with Gasteiger partial charge >= 0.3 is 5.97 Å². The zero-order valence-corrected chi connectivity index (χ0v) is 9.86. The normalized spacial score (nSPS) is 10.3. The maximum Gasteiger partial charge on any atom is 0.333 e. The van der Waals surface area contributed by atoms with Crippen molar-refractivity contribution in [3.63, 3.8) is 0 Å². The van der Waals surface area contributed by atoms with Crippen LogP contribution in [0.3, 0.4) is 0 Å². The molecule has 15 heavy (non-hydrogen) atoms. The van der Waals surface area contributed by atoms with E-state index in [-0.39, 0.29) is 0 Å². The summed E-state index contributed by atoms with van der Waals surface area (Å²) in [6, 6.07) is 7.37. The molecule has 0 saturated heterocycles. The van der Waals surface area contributed by atoms with Gasteiger partial charge in [-0.05, 0) is 35.0 Å². The van der Waals surface area contributed by atoms with Gasteiger partial charge in [0.1, 0.15) is 5.75 Å². The number of hydrogen-bond donors (Lipinski definition) is 0. The molecule has 3 nitrogen and oxygen atoms in total. The number of carbonyl (C=O) groups is 1. The van der Waals surface area contributed by atoms with Crippen LogP contribution in [-0.4, -0.2) is 12.6 Å². The minimum atomic E-state index is -0.412. The van der Waals surface area contributed by atoms with Crippen LogP contribution in [0.2, 0.25) is 0 Å². The lowest BCUT2D eigenvalue weighted by Crippen LogP contribution is -1.99. The zero-order valence-electron chi connectivity index (χ0n) is 8.27. The molecule has 0 heterocycles. The van der Waals surface area contributed by atoms with E-state index in [4.69, 9.17) is 9.47 Å². The number of ether oxygens (including phenoxy) is 2. The first-order chi connectivity index (χ1) is 7.24. The summed E-state index contributed by atoms with van der Waals surface area (Å²) in [5.74, 6) is 0.239. The average Bonchev–Trinajstić information content (AvgIpc) is 2.21. The molecule has 1 aromatic carbocycles. The van der Waals surface area contributed by atoms with Crippen LogP contribution in [0, 0.1) is 0 Å². The lowest BCUT2D eigenvalue weighted by atomic mass is 10.3. The molecule has 0 aliphatic carbocycles. The third-order valence-electron chi connectivity index (χ3n) is 1.52. The van der Waals surface area contributed by atoms with Crippen molar-refractivity contribution in [1.82, 2.24) is 0 Å². The smallest absolute Gasteiger partial charge is 0.333 e. The van der Waals surface area contributed by atoms with Crippen LogP contribution >= 0.6 is 15.9 Å². The average molecular weight is 271 g/mol. The minimum Gasteiger partial charge on any atom is -0.464 e. The van der Waals surface area contributed by atoms with Gasteiger partial charge in [0.25, 0.3) is 0 Å². The summed E-state index contributed by atoms with van der Waals surface area (Å²) in [7, 11) is 0. The van der Waals surface area contributed by atoms with Gasteiger partial charge in [-0.3, -0.25) is 0 Å². The van der Waals surface area contributed by atoms with Gasteiger partial charge in [-0.2, -0.15) is 0 Å². The van der Waals surface area contributed by atoms with Crippen molar-refractivity contribution in [2.45, 2.75) is 6.92 Å². The quantitative estimate of drug-likeness (QED) is 0.480. The fourth-order valence-corrected chi connectivity index (χ4v) is 1.27. The Labute approximate surface area is 96.8 Å². The van der Waals surface area contributed by atoms with Crippen molar-refractivity contribution in [3.05, 3.63) is 41.1 Å². The van der Waals surface area contributed by atoms with E-state index in [0.717, 1.165) is 4.47 Å². The van der Waals surface area contributed by atoms with E-state index in [1.165, 1.54) is 12.3 Å². The molecule has 0 fully saturated rings. The number of para-hydroxylation sites is 1. The molecular formula is C11H11BrO3. The number of benzene rings is 1. The first-order valence-corrected chi connectivity index (χ1v) is 5.28. The summed E-state index contributed by atoms with van der Waals surface area (Å²) < 4.78 is 10.8. The van der Waals surface area contributed by atoms with Crippen LogP contribution in [0.25, 0.3) is 0 Å². The number of halogens is 1. The van der Waals surface area contributed by atoms with Gasteiger partial charge in [0.15, 0.2) is 0 Å². The third kappa shape index (κ3) is 4.16. The summed E-state index contributed by atoms with van der Waals surface area (Å²) in [4.78, 5) is 10.9. The molecule has 4 heteroatoms. The molecule has 80 valence electrons. The molecule has 1 rings (SSSR count). The molecular weight excluding hydrogens is 260 g/mol. The molecule has 0 aliphatic rings. The lowest BCUT2D eigenvalue weighted by molar-refractivity contribution is -0.137. The second kappa shape index (κ2) is 6.24. The van der Waals surface area contributed by atoms with Crippen molar-refractivity contribution >= 4 is 21.9 Å². The molecule has 0 amide bonds. The Morgan fingerprint density at radius 2 is 2.20 bits per heavy atom. The van der Waals surface area contributed by atoms with Crippen molar-refractivity contribution in [2.24, 2.45) is 0 Å². The summed E-state index contributed by atoms with van der Waals surface area (Å²) in [6.07, 6.45) is 2.54. The van der Waals surface area contributed by atoms with Gasteiger partial charge in [-0.1, -0.05) is 12.1 Å². The molecule has 0 aromatic heterocycles. The number of hydrogen-bond acceptors (Lipinski definition) is 3. The Bertz CT molecular complexity index is 361. The number of carbonyl (C=O) groups excluding carboxylic acids is 1. The predicted octanol–water partition coefficient (Wildman–Crippen LogP) is 2.90. The van der Waals surface area contributed by atoms with E-state index in [1.807, 2.05) is 18.2 Å². The fraction of sp³-hybridized carbons (Fsp3) is 0.182. The molecule has 0 radical (unpaired) electrons. The van der Waals surface area contributed by atoms with Crippen LogP contribution in [-0.2, 0) is 9.53 Å². The maximum absolute atomic E-state index is 10.9. The highest BCUT2D eigenvalue weighted by Gasteiger charge is 1.97. The third-order valence-corrected chi connectivity index (χ3v) is 2.18. The molecule has 0 spiro atoms. The Hall–Kier alpha value is -1.29. The Morgan fingerprint density at radius 1 is 1.47 bits per heavy atom. The SMILES string of the molecule is CCOC(=O)C=COc1ccccc1Br. The predicted molar refractivity (Wildman–Crippen MR) is 60.5 cm³/mol. The summed E-state index contributed by atoms with van der Waals surface area (Å²) >= 11 is 3.32. The van der Waals surface area contributed by atoms with Crippen LogP contribution in [0.15, 0.2) is 41.1 Å². The van der Waals surface area contributed by atoms with Crippen molar-refractivity contribution in [1.29, 1.82) is 0 Å². The topological polar surface area (TPSA) is 35.5 Å². The van der Waals surface area contributed by atoms with Crippen LogP contribution in [0.4, 0.5) is 0 Å². The van der Waals surface area contributed by atoms with Crippen molar-refractivity contribution in [3.8, 4) is 5.75 Å². The molecule has 0 unspecified atom stereocenters. The highest BCUT2D eigenvalue weighted by Crippen LogP contribution is 2.23. The number of rotatable bonds is 4. The van der Waals surface area contributed by atoms with Crippen molar-refractivity contribution < 1.29 is 14.3 Å². The molecule has 0 N–H and O–H groups in total. The van der Waals surface area contributed by atoms with E-state index in [9.17, 15) is 4.79 Å². The molecule has 0 atom stereocenters. The van der Waals surface area contributed by atoms with Crippen molar-refractivity contribution in [2.75, 3.05) is 6.61 Å². The molecule has 0 saturated carbocycles. The largest absolute Gasteiger partial charge is 0.464 e. The van der Waals surface area contributed by atoms with Gasteiger partial charge in [0.05, 0.1) is 23.4 Å². The molecule has 0 bridgehead atoms. The highest BCUT2D eigenvalue weighted by atomic mass is 79.9. The first-order valence-electron chi connectivity index (χ1n) is 4.48. The van der Waals surface area contributed by atoms with Gasteiger partial charge in [0, 0.05) is 0 Å². The minimum absolute atomic E-state index is 0.359. The van der Waals surface area contributed by atoms with E-state index >= 15 is 0 Å². The fourth-order valence-electron chi connectivity index (χ4n) is 0.894. The standard InChI is InChI=1S/C11H11BrO3/c1-2-14-11(13)7-8-15-10-6-4-3-5-9(10)12/h3-8H,2H2,1H3. The maximum atomic E-state index is 10.9. The van der Waals surface area contributed by atoms with Crippen LogP contribution in [0.5, 0.6) is 5.75 Å². The second-order valence-corrected chi connectivity index (χ2v) is 3.46. The van der Waals surface area contributed by atoms with Crippen LogP contribution < -0.4 is 4.74 Å². The Kier molecular flexibility index (Phi) is 4.90. The van der Waals surface area contributed by atoms with Gasteiger partial charge in [-0.25, -0.2) is 4.79 Å². The highest BCUT2D eigenvalue weighted by molar-refractivity contribution is 9.10. The van der Waals surface area contributed by atoms with E-state index in [2.05, 4.69) is 15.9 Å². The van der Waals surface area contributed by atoms with Gasteiger partial charge in [-0.15, -0.1) is 0 Å². The molecule has 0 aliphatic heterocycles. The van der Waals surface area contributed by atoms with E-state index in [1.54, 1.807) is 13.0 Å².